The van der Waals surface area contributed by atoms with Crippen LogP contribution in [0, 0.1) is 0 Å². The zero-order valence-corrected chi connectivity index (χ0v) is 13.2. The van der Waals surface area contributed by atoms with E-state index >= 15 is 0 Å². The molecule has 6 nitrogen and oxygen atoms in total. The summed E-state index contributed by atoms with van der Waals surface area (Å²) in [7, 11) is 0. The number of likely N-dealkylation sites (tertiary alicyclic amines) is 1. The Kier molecular flexibility index (Phi) is 9.24. The van der Waals surface area contributed by atoms with Gasteiger partial charge in [-0.3, -0.25) is 19.3 Å². The first-order valence-corrected chi connectivity index (χ1v) is 7.94. The molecule has 2 atom stereocenters. The lowest BCUT2D eigenvalue weighted by atomic mass is 10.3. The van der Waals surface area contributed by atoms with Crippen LogP contribution >= 0.6 is 11.8 Å². The van der Waals surface area contributed by atoms with E-state index in [4.69, 9.17) is 11.5 Å². The fourth-order valence-electron chi connectivity index (χ4n) is 1.54. The minimum atomic E-state index is -0.775. The zero-order valence-electron chi connectivity index (χ0n) is 12.4. The molecule has 0 spiro atoms. The number of carbonyl (C=O) groups excluding carboxylic acids is 3. The largest absolute Gasteiger partial charge is 0.368 e. The predicted octanol–water partition coefficient (Wildman–Crippen LogP) is 0.732. The minimum absolute atomic E-state index is 0. The smallest absolute Gasteiger partial charge is 0.242 e. The summed E-state index contributed by atoms with van der Waals surface area (Å²) in [5.41, 5.74) is 10.5. The molecule has 0 saturated carbocycles. The van der Waals surface area contributed by atoms with E-state index in [2.05, 4.69) is 13.8 Å². The monoisotopic (exact) mass is 305 g/mol. The molecule has 0 aromatic rings. The topological polar surface area (TPSA) is 106 Å². The van der Waals surface area contributed by atoms with E-state index < -0.39 is 17.2 Å². The summed E-state index contributed by atoms with van der Waals surface area (Å²) >= 11 is 1.22. The average molecular weight is 305 g/mol. The molecule has 0 aromatic heterocycles. The van der Waals surface area contributed by atoms with Gasteiger partial charge in [-0.2, -0.15) is 0 Å². The highest BCUT2D eigenvalue weighted by atomic mass is 32.2. The van der Waals surface area contributed by atoms with Crippen molar-refractivity contribution < 1.29 is 15.8 Å². The summed E-state index contributed by atoms with van der Waals surface area (Å²) in [4.78, 5) is 35.4. The summed E-state index contributed by atoms with van der Waals surface area (Å²) in [6, 6.07) is -0.775. The van der Waals surface area contributed by atoms with Crippen LogP contribution in [0.25, 0.3) is 0 Å². The summed E-state index contributed by atoms with van der Waals surface area (Å²) in [6.07, 6.45) is 2.19. The number of primary amides is 1. The second-order valence-corrected chi connectivity index (χ2v) is 5.86. The van der Waals surface area contributed by atoms with Gasteiger partial charge in [0, 0.05) is 20.1 Å². The molecule has 1 fully saturated rings. The Balaban J connectivity index is 0. The number of rotatable bonds is 6. The van der Waals surface area contributed by atoms with E-state index in [9.17, 15) is 14.4 Å². The molecule has 0 radical (unpaired) electrons. The summed E-state index contributed by atoms with van der Waals surface area (Å²) in [5.74, 6) is -0.667. The van der Waals surface area contributed by atoms with Crippen molar-refractivity contribution >= 4 is 29.5 Å². The summed E-state index contributed by atoms with van der Waals surface area (Å²) < 4.78 is 0. The molecule has 1 rings (SSSR count). The molecule has 3 amide bonds. The SMILES string of the molecule is CCC.CCCN1C(=O)CC(SC[C@H](N)C(N)=O)C1=O.[HH]. The van der Waals surface area contributed by atoms with Crippen LogP contribution in [0.4, 0.5) is 0 Å². The van der Waals surface area contributed by atoms with Crippen molar-refractivity contribution in [1.82, 2.24) is 4.90 Å². The van der Waals surface area contributed by atoms with Crippen LogP contribution < -0.4 is 11.5 Å². The Morgan fingerprint density at radius 2 is 2.00 bits per heavy atom. The van der Waals surface area contributed by atoms with Crippen LogP contribution in [-0.2, 0) is 14.4 Å². The maximum atomic E-state index is 11.8. The van der Waals surface area contributed by atoms with Crippen molar-refractivity contribution in [3.8, 4) is 0 Å². The number of nitrogens with zero attached hydrogens (tertiary/aromatic N) is 1. The van der Waals surface area contributed by atoms with Gasteiger partial charge in [0.05, 0.1) is 11.3 Å². The number of thioether (sulfide) groups is 1. The fourth-order valence-corrected chi connectivity index (χ4v) is 2.68. The third kappa shape index (κ3) is 5.92. The minimum Gasteiger partial charge on any atom is -0.368 e. The lowest BCUT2D eigenvalue weighted by Crippen LogP contribution is -2.39. The molecule has 0 aliphatic carbocycles. The first-order valence-electron chi connectivity index (χ1n) is 6.89. The van der Waals surface area contributed by atoms with Crippen LogP contribution in [-0.4, -0.2) is 46.2 Å². The summed E-state index contributed by atoms with van der Waals surface area (Å²) in [5, 5.41) is -0.417. The third-order valence-corrected chi connectivity index (χ3v) is 3.81. The Morgan fingerprint density at radius 3 is 2.45 bits per heavy atom. The van der Waals surface area contributed by atoms with Crippen LogP contribution in [0.1, 0.15) is 41.5 Å². The second kappa shape index (κ2) is 9.77. The molecule has 0 aromatic carbocycles. The number of hydrogen-bond donors (Lipinski definition) is 2. The lowest BCUT2D eigenvalue weighted by molar-refractivity contribution is -0.138. The van der Waals surface area contributed by atoms with Crippen LogP contribution in [0.3, 0.4) is 0 Å². The van der Waals surface area contributed by atoms with Crippen molar-refractivity contribution in [2.24, 2.45) is 11.5 Å². The molecule has 4 N–H and O–H groups in total. The molecule has 118 valence electrons. The maximum absolute atomic E-state index is 11.8. The van der Waals surface area contributed by atoms with Crippen molar-refractivity contribution in [3.63, 3.8) is 0 Å². The van der Waals surface area contributed by atoms with E-state index in [-0.39, 0.29) is 25.4 Å². The first-order chi connectivity index (χ1) is 9.38. The molecule has 1 unspecified atom stereocenters. The van der Waals surface area contributed by atoms with Gasteiger partial charge in [0.2, 0.25) is 17.7 Å². The standard InChI is InChI=1S/C10H17N3O3S.C3H8.H2/c1-2-3-13-8(14)4-7(10(13)16)17-5-6(11)9(12)15;1-3-2;/h6-7H,2-5,11H2,1H3,(H2,12,15);3H2,1-2H3;1H/t6-,7?;;/m0../s1. The number of imide groups is 1. The Bertz CT molecular complexity index is 356. The van der Waals surface area contributed by atoms with Gasteiger partial charge in [0.1, 0.15) is 0 Å². The van der Waals surface area contributed by atoms with Gasteiger partial charge in [-0.25, -0.2) is 0 Å². The number of carbonyl (C=O) groups is 3. The van der Waals surface area contributed by atoms with Crippen LogP contribution in [0.5, 0.6) is 0 Å². The highest BCUT2D eigenvalue weighted by molar-refractivity contribution is 8.00. The van der Waals surface area contributed by atoms with Gasteiger partial charge >= 0.3 is 0 Å². The molecule has 1 saturated heterocycles. The zero-order chi connectivity index (χ0) is 15.7. The van der Waals surface area contributed by atoms with Crippen molar-refractivity contribution in [1.29, 1.82) is 0 Å². The van der Waals surface area contributed by atoms with Gasteiger partial charge < -0.3 is 11.5 Å². The molecule has 0 bridgehead atoms. The number of amides is 3. The highest BCUT2D eigenvalue weighted by Crippen LogP contribution is 2.25. The van der Waals surface area contributed by atoms with Crippen molar-refractivity contribution in [2.45, 2.75) is 51.3 Å². The third-order valence-electron chi connectivity index (χ3n) is 2.49. The Morgan fingerprint density at radius 1 is 1.45 bits per heavy atom. The van der Waals surface area contributed by atoms with Gasteiger partial charge in [-0.15, -0.1) is 11.8 Å². The Hall–Kier alpha value is -1.08. The summed E-state index contributed by atoms with van der Waals surface area (Å²) in [6.45, 7) is 6.61. The van der Waals surface area contributed by atoms with Crippen LogP contribution in [0.15, 0.2) is 0 Å². The van der Waals surface area contributed by atoms with E-state index in [1.165, 1.54) is 23.1 Å². The van der Waals surface area contributed by atoms with Crippen molar-refractivity contribution in [2.75, 3.05) is 12.3 Å². The van der Waals surface area contributed by atoms with E-state index in [1.54, 1.807) is 0 Å². The fraction of sp³-hybridized carbons (Fsp3) is 0.769. The lowest BCUT2D eigenvalue weighted by Gasteiger charge is -2.14. The van der Waals surface area contributed by atoms with E-state index in [1.807, 2.05) is 6.92 Å². The van der Waals surface area contributed by atoms with Crippen LogP contribution in [0.2, 0.25) is 0 Å². The van der Waals surface area contributed by atoms with E-state index in [0.717, 1.165) is 6.42 Å². The quantitative estimate of drug-likeness (QED) is 0.704. The number of hydrogen-bond acceptors (Lipinski definition) is 5. The highest BCUT2D eigenvalue weighted by Gasteiger charge is 2.38. The molecule has 7 heteroatoms. The van der Waals surface area contributed by atoms with Gasteiger partial charge in [-0.05, 0) is 6.42 Å². The van der Waals surface area contributed by atoms with Crippen molar-refractivity contribution in [3.05, 3.63) is 0 Å². The van der Waals surface area contributed by atoms with Gasteiger partial charge in [0.15, 0.2) is 0 Å². The van der Waals surface area contributed by atoms with Gasteiger partial charge in [0.25, 0.3) is 0 Å². The molecular formula is C13H27N3O3S. The average Bonchev–Trinajstić information content (AvgIpc) is 2.65. The predicted molar refractivity (Wildman–Crippen MR) is 83.1 cm³/mol. The molecule has 20 heavy (non-hydrogen) atoms. The Labute approximate surface area is 126 Å². The molecule has 1 aliphatic heterocycles. The normalized spacial score (nSPS) is 19.6. The second-order valence-electron chi connectivity index (χ2n) is 4.63. The molecule has 1 heterocycles. The molecule has 1 aliphatic rings. The maximum Gasteiger partial charge on any atom is 0.242 e. The number of nitrogens with two attached hydrogens (primary N) is 2. The van der Waals surface area contributed by atoms with Gasteiger partial charge in [-0.1, -0.05) is 27.2 Å². The van der Waals surface area contributed by atoms with E-state index in [0.29, 0.717) is 6.54 Å². The first kappa shape index (κ1) is 18.9. The molecular weight excluding hydrogens is 278 g/mol.